The van der Waals surface area contributed by atoms with E-state index in [1.807, 2.05) is 26.0 Å². The van der Waals surface area contributed by atoms with Crippen LogP contribution in [0.2, 0.25) is 0 Å². The molecule has 2 amide bonds. The highest BCUT2D eigenvalue weighted by Gasteiger charge is 2.17. The number of carbonyl (C=O) groups is 2. The topological polar surface area (TPSA) is 64.7 Å². The minimum absolute atomic E-state index is 0.532. The zero-order valence-corrected chi connectivity index (χ0v) is 14.9. The molecule has 6 heteroatoms. The molecule has 0 radical (unpaired) electrons. The first-order valence-electron chi connectivity index (χ1n) is 8.64. The van der Waals surface area contributed by atoms with Crippen LogP contribution in [0, 0.1) is 6.92 Å². The van der Waals surface area contributed by atoms with Gasteiger partial charge < -0.3 is 20.4 Å². The van der Waals surface area contributed by atoms with Crippen molar-refractivity contribution < 1.29 is 9.59 Å². The van der Waals surface area contributed by atoms with Crippen LogP contribution >= 0.6 is 0 Å². The minimum atomic E-state index is -0.610. The van der Waals surface area contributed by atoms with E-state index in [2.05, 4.69) is 33.5 Å². The van der Waals surface area contributed by atoms with Crippen molar-refractivity contribution in [1.29, 1.82) is 0 Å². The maximum absolute atomic E-state index is 11.9. The fraction of sp³-hybridized carbons (Fsp3) is 0.556. The second kappa shape index (κ2) is 8.68. The molecule has 1 aromatic carbocycles. The second-order valence-corrected chi connectivity index (χ2v) is 6.35. The number of hydrogen-bond acceptors (Lipinski definition) is 4. The lowest BCUT2D eigenvalue weighted by molar-refractivity contribution is -0.136. The molecule has 0 aliphatic carbocycles. The Labute approximate surface area is 144 Å². The standard InChI is InChI=1S/C18H28N4O2/c1-4-5-8-19-17(23)18(24)20-16-7-6-15(13-14(16)2)22-11-9-21(3)10-12-22/h6-7,13H,4-5,8-12H2,1-3H3,(H,19,23)(H,20,24). The van der Waals surface area contributed by atoms with E-state index in [1.165, 1.54) is 0 Å². The summed E-state index contributed by atoms with van der Waals surface area (Å²) in [6, 6.07) is 5.94. The fourth-order valence-corrected chi connectivity index (χ4v) is 2.69. The van der Waals surface area contributed by atoms with E-state index in [9.17, 15) is 9.59 Å². The number of unbranched alkanes of at least 4 members (excludes halogenated alkanes) is 1. The molecule has 2 rings (SSSR count). The third-order valence-corrected chi connectivity index (χ3v) is 4.35. The first kappa shape index (κ1) is 18.3. The molecule has 0 unspecified atom stereocenters. The lowest BCUT2D eigenvalue weighted by Gasteiger charge is -2.34. The van der Waals surface area contributed by atoms with Crippen LogP contribution in [0.5, 0.6) is 0 Å². The molecule has 1 fully saturated rings. The van der Waals surface area contributed by atoms with E-state index in [0.717, 1.165) is 50.3 Å². The number of likely N-dealkylation sites (N-methyl/N-ethyl adjacent to an activating group) is 1. The van der Waals surface area contributed by atoms with Crippen molar-refractivity contribution in [3.05, 3.63) is 23.8 Å². The van der Waals surface area contributed by atoms with Gasteiger partial charge in [0.15, 0.2) is 0 Å². The normalized spacial score (nSPS) is 15.2. The average Bonchev–Trinajstić information content (AvgIpc) is 2.57. The predicted molar refractivity (Wildman–Crippen MR) is 97.4 cm³/mol. The molecule has 1 aliphatic rings. The first-order chi connectivity index (χ1) is 11.5. The number of hydrogen-bond donors (Lipinski definition) is 2. The van der Waals surface area contributed by atoms with Gasteiger partial charge in [0.25, 0.3) is 0 Å². The zero-order chi connectivity index (χ0) is 17.5. The molecule has 0 spiro atoms. The molecule has 2 N–H and O–H groups in total. The van der Waals surface area contributed by atoms with Crippen LogP contribution in [0.4, 0.5) is 11.4 Å². The molecular formula is C18H28N4O2. The number of carbonyl (C=O) groups excluding carboxylic acids is 2. The summed E-state index contributed by atoms with van der Waals surface area (Å²) in [4.78, 5) is 28.3. The zero-order valence-electron chi connectivity index (χ0n) is 14.9. The summed E-state index contributed by atoms with van der Waals surface area (Å²) in [5.74, 6) is -1.19. The van der Waals surface area contributed by atoms with Crippen LogP contribution in [0.1, 0.15) is 25.3 Å². The Morgan fingerprint density at radius 2 is 1.83 bits per heavy atom. The maximum Gasteiger partial charge on any atom is 0.313 e. The van der Waals surface area contributed by atoms with Gasteiger partial charge in [-0.15, -0.1) is 0 Å². The number of nitrogens with one attached hydrogen (secondary N) is 2. The third-order valence-electron chi connectivity index (χ3n) is 4.35. The summed E-state index contributed by atoms with van der Waals surface area (Å²) in [5, 5.41) is 5.32. The van der Waals surface area contributed by atoms with Crippen LogP contribution in [-0.4, -0.2) is 56.5 Å². The van der Waals surface area contributed by atoms with E-state index in [0.29, 0.717) is 12.2 Å². The Morgan fingerprint density at radius 1 is 1.12 bits per heavy atom. The number of piperazine rings is 1. The van der Waals surface area contributed by atoms with Crippen molar-refractivity contribution >= 4 is 23.2 Å². The predicted octanol–water partition coefficient (Wildman–Crippen LogP) is 1.60. The number of amides is 2. The summed E-state index contributed by atoms with van der Waals surface area (Å²) in [7, 11) is 2.13. The molecule has 1 saturated heterocycles. The van der Waals surface area contributed by atoms with Crippen molar-refractivity contribution in [2.75, 3.05) is 50.0 Å². The fourth-order valence-electron chi connectivity index (χ4n) is 2.69. The van der Waals surface area contributed by atoms with Crippen LogP contribution in [0.3, 0.4) is 0 Å². The Balaban J connectivity index is 1.94. The first-order valence-corrected chi connectivity index (χ1v) is 8.64. The van der Waals surface area contributed by atoms with Crippen LogP contribution in [0.25, 0.3) is 0 Å². The van der Waals surface area contributed by atoms with Crippen molar-refractivity contribution in [2.45, 2.75) is 26.7 Å². The van der Waals surface area contributed by atoms with E-state index >= 15 is 0 Å². The Hall–Kier alpha value is -2.08. The Kier molecular flexibility index (Phi) is 6.61. The SMILES string of the molecule is CCCCNC(=O)C(=O)Nc1ccc(N2CCN(C)CC2)cc1C. The van der Waals surface area contributed by atoms with Crippen LogP contribution < -0.4 is 15.5 Å². The van der Waals surface area contributed by atoms with Crippen molar-refractivity contribution in [2.24, 2.45) is 0 Å². The summed E-state index contributed by atoms with van der Waals surface area (Å²) < 4.78 is 0. The number of aryl methyl sites for hydroxylation is 1. The largest absolute Gasteiger partial charge is 0.369 e. The summed E-state index contributed by atoms with van der Waals surface area (Å²) in [5.41, 5.74) is 2.80. The van der Waals surface area contributed by atoms with Crippen molar-refractivity contribution in [3.63, 3.8) is 0 Å². The average molecular weight is 332 g/mol. The van der Waals surface area contributed by atoms with E-state index in [1.54, 1.807) is 0 Å². The van der Waals surface area contributed by atoms with Crippen LogP contribution in [-0.2, 0) is 9.59 Å². The van der Waals surface area contributed by atoms with Gasteiger partial charge in [0, 0.05) is 44.1 Å². The molecule has 0 saturated carbocycles. The highest BCUT2D eigenvalue weighted by atomic mass is 16.2. The van der Waals surface area contributed by atoms with Crippen molar-refractivity contribution in [3.8, 4) is 0 Å². The molecule has 24 heavy (non-hydrogen) atoms. The number of anilines is 2. The number of benzene rings is 1. The van der Waals surface area contributed by atoms with Gasteiger partial charge >= 0.3 is 11.8 Å². The minimum Gasteiger partial charge on any atom is -0.369 e. The van der Waals surface area contributed by atoms with E-state index in [4.69, 9.17) is 0 Å². The Morgan fingerprint density at radius 3 is 2.46 bits per heavy atom. The highest BCUT2D eigenvalue weighted by molar-refractivity contribution is 6.39. The Bertz CT molecular complexity index is 580. The molecule has 0 bridgehead atoms. The molecule has 1 heterocycles. The molecule has 6 nitrogen and oxygen atoms in total. The lowest BCUT2D eigenvalue weighted by atomic mass is 10.1. The smallest absolute Gasteiger partial charge is 0.313 e. The molecule has 0 aromatic heterocycles. The van der Waals surface area contributed by atoms with Gasteiger partial charge in [-0.3, -0.25) is 9.59 Å². The monoisotopic (exact) mass is 332 g/mol. The van der Waals surface area contributed by atoms with Gasteiger partial charge in [-0.05, 0) is 44.2 Å². The van der Waals surface area contributed by atoms with Gasteiger partial charge in [-0.1, -0.05) is 13.3 Å². The van der Waals surface area contributed by atoms with Gasteiger partial charge in [0.05, 0.1) is 0 Å². The number of nitrogens with zero attached hydrogens (tertiary/aromatic N) is 2. The van der Waals surface area contributed by atoms with Gasteiger partial charge in [0.1, 0.15) is 0 Å². The summed E-state index contributed by atoms with van der Waals surface area (Å²) in [6.45, 7) is 8.62. The molecule has 1 aromatic rings. The van der Waals surface area contributed by atoms with Gasteiger partial charge in [-0.2, -0.15) is 0 Å². The van der Waals surface area contributed by atoms with Gasteiger partial charge in [-0.25, -0.2) is 0 Å². The molecule has 1 aliphatic heterocycles. The van der Waals surface area contributed by atoms with Crippen LogP contribution in [0.15, 0.2) is 18.2 Å². The quantitative estimate of drug-likeness (QED) is 0.635. The second-order valence-electron chi connectivity index (χ2n) is 6.35. The van der Waals surface area contributed by atoms with E-state index in [-0.39, 0.29) is 0 Å². The number of rotatable bonds is 5. The lowest BCUT2D eigenvalue weighted by Crippen LogP contribution is -2.44. The molecule has 0 atom stereocenters. The summed E-state index contributed by atoms with van der Waals surface area (Å²) >= 11 is 0. The highest BCUT2D eigenvalue weighted by Crippen LogP contribution is 2.23. The third kappa shape index (κ3) is 4.96. The maximum atomic E-state index is 11.9. The van der Waals surface area contributed by atoms with Crippen molar-refractivity contribution in [1.82, 2.24) is 10.2 Å². The molecule has 132 valence electrons. The summed E-state index contributed by atoms with van der Waals surface area (Å²) in [6.07, 6.45) is 1.85. The van der Waals surface area contributed by atoms with Gasteiger partial charge in [0.2, 0.25) is 0 Å². The van der Waals surface area contributed by atoms with E-state index < -0.39 is 11.8 Å². The molecular weight excluding hydrogens is 304 g/mol.